The Morgan fingerprint density at radius 1 is 1.18 bits per heavy atom. The first-order valence-corrected chi connectivity index (χ1v) is 9.14. The van der Waals surface area contributed by atoms with Gasteiger partial charge in [0.15, 0.2) is 11.5 Å². The Balaban J connectivity index is 1.73. The van der Waals surface area contributed by atoms with E-state index in [1.165, 1.54) is 32.1 Å². The van der Waals surface area contributed by atoms with Crippen molar-refractivity contribution in [1.82, 2.24) is 15.1 Å². The van der Waals surface area contributed by atoms with Gasteiger partial charge in [0.2, 0.25) is 11.7 Å². The summed E-state index contributed by atoms with van der Waals surface area (Å²) < 4.78 is 17.2. The first-order valence-electron chi connectivity index (χ1n) is 9.14. The third-order valence-corrected chi connectivity index (χ3v) is 4.78. The van der Waals surface area contributed by atoms with E-state index in [1.807, 2.05) is 0 Å². The number of ether oxygens (including phenoxy) is 3. The molecule has 3 rings (SSSR count). The molecule has 1 heterocycles. The molecule has 1 unspecified atom stereocenters. The molecule has 8 heteroatoms. The standard InChI is InChI=1S/C20H25N3O5/c1-12(23-18(24)8-7-15(22-23)14-5-6-14)20(25)21-11-13-9-16(26-2)19(28-4)17(10-13)27-3/h7-10,12,14H,5-6,11H2,1-4H3,(H,21,25). The molecule has 1 aliphatic carbocycles. The number of benzene rings is 1. The number of hydrogen-bond donors (Lipinski definition) is 1. The van der Waals surface area contributed by atoms with Crippen molar-refractivity contribution in [3.05, 3.63) is 45.9 Å². The number of amides is 1. The highest BCUT2D eigenvalue weighted by Crippen LogP contribution is 2.39. The highest BCUT2D eigenvalue weighted by atomic mass is 16.5. The summed E-state index contributed by atoms with van der Waals surface area (Å²) >= 11 is 0. The van der Waals surface area contributed by atoms with Gasteiger partial charge in [0.1, 0.15) is 6.04 Å². The van der Waals surface area contributed by atoms with Crippen molar-refractivity contribution < 1.29 is 19.0 Å². The largest absolute Gasteiger partial charge is 0.493 e. The molecule has 28 heavy (non-hydrogen) atoms. The van der Waals surface area contributed by atoms with Crippen molar-refractivity contribution in [3.63, 3.8) is 0 Å². The zero-order valence-corrected chi connectivity index (χ0v) is 16.5. The van der Waals surface area contributed by atoms with Gasteiger partial charge in [-0.25, -0.2) is 4.68 Å². The van der Waals surface area contributed by atoms with Crippen molar-refractivity contribution in [3.8, 4) is 17.2 Å². The van der Waals surface area contributed by atoms with E-state index in [0.717, 1.165) is 24.1 Å². The number of nitrogens with one attached hydrogen (secondary N) is 1. The van der Waals surface area contributed by atoms with E-state index >= 15 is 0 Å². The monoisotopic (exact) mass is 387 g/mol. The SMILES string of the molecule is COc1cc(CNC(=O)C(C)n2nc(C3CC3)ccc2=O)cc(OC)c1OC. The summed E-state index contributed by atoms with van der Waals surface area (Å²) in [5.74, 6) is 1.61. The zero-order chi connectivity index (χ0) is 20.3. The van der Waals surface area contributed by atoms with E-state index < -0.39 is 6.04 Å². The maximum absolute atomic E-state index is 12.6. The molecule has 1 atom stereocenters. The van der Waals surface area contributed by atoms with Gasteiger partial charge in [0.25, 0.3) is 5.56 Å². The van der Waals surface area contributed by atoms with Crippen molar-refractivity contribution in [2.75, 3.05) is 21.3 Å². The summed E-state index contributed by atoms with van der Waals surface area (Å²) in [6, 6.07) is 6.04. The van der Waals surface area contributed by atoms with Crippen LogP contribution >= 0.6 is 0 Å². The molecule has 0 saturated heterocycles. The zero-order valence-electron chi connectivity index (χ0n) is 16.5. The molecule has 1 aromatic carbocycles. The van der Waals surface area contributed by atoms with Crippen LogP contribution in [0.2, 0.25) is 0 Å². The number of aromatic nitrogens is 2. The molecule has 0 radical (unpaired) electrons. The number of rotatable bonds is 8. The maximum atomic E-state index is 12.6. The number of carbonyl (C=O) groups excluding carboxylic acids is 1. The van der Waals surface area contributed by atoms with Crippen LogP contribution in [-0.2, 0) is 11.3 Å². The third kappa shape index (κ3) is 4.11. The van der Waals surface area contributed by atoms with Crippen LogP contribution in [0.15, 0.2) is 29.1 Å². The molecule has 0 spiro atoms. The lowest BCUT2D eigenvalue weighted by molar-refractivity contribution is -0.124. The van der Waals surface area contributed by atoms with Gasteiger partial charge in [-0.3, -0.25) is 9.59 Å². The second-order valence-electron chi connectivity index (χ2n) is 6.74. The van der Waals surface area contributed by atoms with E-state index in [0.29, 0.717) is 23.2 Å². The molecule has 1 amide bonds. The Morgan fingerprint density at radius 2 is 1.82 bits per heavy atom. The smallest absolute Gasteiger partial charge is 0.267 e. The van der Waals surface area contributed by atoms with Gasteiger partial charge in [-0.2, -0.15) is 5.10 Å². The van der Waals surface area contributed by atoms with Gasteiger partial charge in [-0.1, -0.05) is 0 Å². The van der Waals surface area contributed by atoms with Gasteiger partial charge >= 0.3 is 0 Å². The molecule has 1 saturated carbocycles. The summed E-state index contributed by atoms with van der Waals surface area (Å²) in [5, 5.41) is 7.21. The summed E-state index contributed by atoms with van der Waals surface area (Å²) in [6.07, 6.45) is 2.15. The molecule has 1 aromatic heterocycles. The predicted octanol–water partition coefficient (Wildman–Crippen LogP) is 2.02. The molecule has 1 aliphatic rings. The van der Waals surface area contributed by atoms with Gasteiger partial charge in [0.05, 0.1) is 27.0 Å². The lowest BCUT2D eigenvalue weighted by atomic mass is 10.1. The molecule has 1 fully saturated rings. The topological polar surface area (TPSA) is 91.7 Å². The van der Waals surface area contributed by atoms with Gasteiger partial charge in [0, 0.05) is 18.5 Å². The highest BCUT2D eigenvalue weighted by molar-refractivity contribution is 5.79. The Kier molecular flexibility index (Phi) is 5.87. The Hall–Kier alpha value is -3.03. The van der Waals surface area contributed by atoms with E-state index in [4.69, 9.17) is 14.2 Å². The number of nitrogens with zero attached hydrogens (tertiary/aromatic N) is 2. The molecule has 8 nitrogen and oxygen atoms in total. The minimum absolute atomic E-state index is 0.247. The summed E-state index contributed by atoms with van der Waals surface area (Å²) in [7, 11) is 4.60. The van der Waals surface area contributed by atoms with Crippen LogP contribution in [0.1, 0.15) is 43.0 Å². The van der Waals surface area contributed by atoms with Gasteiger partial charge in [-0.15, -0.1) is 0 Å². The average Bonchev–Trinajstić information content (AvgIpc) is 3.56. The summed E-state index contributed by atoms with van der Waals surface area (Å²) in [5.41, 5.74) is 1.35. The predicted molar refractivity (Wildman–Crippen MR) is 103 cm³/mol. The average molecular weight is 387 g/mol. The van der Waals surface area contributed by atoms with Crippen LogP contribution in [0.4, 0.5) is 0 Å². The number of hydrogen-bond acceptors (Lipinski definition) is 6. The van der Waals surface area contributed by atoms with Crippen molar-refractivity contribution in [2.24, 2.45) is 0 Å². The molecule has 0 bridgehead atoms. The minimum atomic E-state index is -0.715. The Morgan fingerprint density at radius 3 is 2.36 bits per heavy atom. The first kappa shape index (κ1) is 19.7. The maximum Gasteiger partial charge on any atom is 0.267 e. The lowest BCUT2D eigenvalue weighted by Gasteiger charge is -2.17. The first-order chi connectivity index (χ1) is 13.5. The van der Waals surface area contributed by atoms with Crippen LogP contribution in [0.5, 0.6) is 17.2 Å². The Bertz CT molecular complexity index is 895. The minimum Gasteiger partial charge on any atom is -0.493 e. The fraction of sp³-hybridized carbons (Fsp3) is 0.450. The molecule has 0 aliphatic heterocycles. The molecule has 150 valence electrons. The number of carbonyl (C=O) groups is 1. The van der Waals surface area contributed by atoms with Gasteiger partial charge < -0.3 is 19.5 Å². The second-order valence-corrected chi connectivity index (χ2v) is 6.74. The number of methoxy groups -OCH3 is 3. The molecular formula is C20H25N3O5. The van der Waals surface area contributed by atoms with Gasteiger partial charge in [-0.05, 0) is 43.5 Å². The lowest BCUT2D eigenvalue weighted by Crippen LogP contribution is -2.37. The summed E-state index contributed by atoms with van der Waals surface area (Å²) in [4.78, 5) is 24.7. The fourth-order valence-corrected chi connectivity index (χ4v) is 3.00. The van der Waals surface area contributed by atoms with Crippen LogP contribution in [0, 0.1) is 0 Å². The molecular weight excluding hydrogens is 362 g/mol. The molecule has 1 N–H and O–H groups in total. The second kappa shape index (κ2) is 8.33. The van der Waals surface area contributed by atoms with Crippen molar-refractivity contribution >= 4 is 5.91 Å². The fourth-order valence-electron chi connectivity index (χ4n) is 3.00. The summed E-state index contributed by atoms with van der Waals surface area (Å²) in [6.45, 7) is 1.91. The third-order valence-electron chi connectivity index (χ3n) is 4.78. The van der Waals surface area contributed by atoms with E-state index in [-0.39, 0.29) is 18.0 Å². The Labute approximate surface area is 163 Å². The highest BCUT2D eigenvalue weighted by Gasteiger charge is 2.27. The van der Waals surface area contributed by atoms with E-state index in [1.54, 1.807) is 25.1 Å². The van der Waals surface area contributed by atoms with Crippen LogP contribution < -0.4 is 25.1 Å². The molecule has 2 aromatic rings. The van der Waals surface area contributed by atoms with Crippen LogP contribution in [0.3, 0.4) is 0 Å². The van der Waals surface area contributed by atoms with Crippen LogP contribution in [0.25, 0.3) is 0 Å². The normalized spacial score (nSPS) is 14.3. The van der Waals surface area contributed by atoms with Crippen molar-refractivity contribution in [2.45, 2.75) is 38.3 Å². The van der Waals surface area contributed by atoms with Crippen molar-refractivity contribution in [1.29, 1.82) is 0 Å². The quantitative estimate of drug-likeness (QED) is 0.745. The van der Waals surface area contributed by atoms with Crippen LogP contribution in [-0.4, -0.2) is 37.0 Å². The van der Waals surface area contributed by atoms with E-state index in [2.05, 4.69) is 10.4 Å². The van der Waals surface area contributed by atoms with E-state index in [9.17, 15) is 9.59 Å².